The van der Waals surface area contributed by atoms with E-state index in [1.165, 1.54) is 0 Å². The number of hydrogen-bond donors (Lipinski definition) is 0. The normalized spacial score (nSPS) is 13.4. The third kappa shape index (κ3) is 2.69. The standard InChI is InChI=1S/C4H6BClO/c1-2-3(6)4(5)7/h3H,2H2,1H3. The molecule has 7 heavy (non-hydrogen) atoms. The van der Waals surface area contributed by atoms with Gasteiger partial charge in [0, 0.05) is 0 Å². The van der Waals surface area contributed by atoms with Gasteiger partial charge < -0.3 is 4.79 Å². The number of carbonyl (C=O) groups is 1. The summed E-state index contributed by atoms with van der Waals surface area (Å²) in [6, 6.07) is 0. The van der Waals surface area contributed by atoms with Crippen LogP contribution < -0.4 is 0 Å². The van der Waals surface area contributed by atoms with Crippen LogP contribution in [0.2, 0.25) is 0 Å². The van der Waals surface area contributed by atoms with Gasteiger partial charge in [0.15, 0.2) is 7.85 Å². The Morgan fingerprint density at radius 2 is 2.43 bits per heavy atom. The minimum atomic E-state index is -0.486. The molecule has 0 rings (SSSR count). The lowest BCUT2D eigenvalue weighted by Gasteiger charge is -1.96. The summed E-state index contributed by atoms with van der Waals surface area (Å²) < 4.78 is 0. The first kappa shape index (κ1) is 7.02. The zero-order valence-corrected chi connectivity index (χ0v) is 4.90. The minimum Gasteiger partial charge on any atom is -0.311 e. The molecule has 0 saturated carbocycles. The van der Waals surface area contributed by atoms with Gasteiger partial charge >= 0.3 is 0 Å². The molecule has 2 radical (unpaired) electrons. The molecule has 0 bridgehead atoms. The van der Waals surface area contributed by atoms with E-state index in [0.29, 0.717) is 6.42 Å². The number of hydrogen-bond acceptors (Lipinski definition) is 1. The highest BCUT2D eigenvalue weighted by Gasteiger charge is 2.03. The quantitative estimate of drug-likeness (QED) is 0.383. The number of carbonyl (C=O) groups excluding carboxylic acids is 1. The maximum absolute atomic E-state index is 10.0. The molecule has 0 amide bonds. The molecule has 0 aromatic rings. The Labute approximate surface area is 49.5 Å². The van der Waals surface area contributed by atoms with E-state index in [2.05, 4.69) is 0 Å². The molecule has 0 aromatic carbocycles. The zero-order valence-electron chi connectivity index (χ0n) is 4.15. The molecule has 0 spiro atoms. The van der Waals surface area contributed by atoms with Crippen LogP contribution in [0.1, 0.15) is 13.3 Å². The van der Waals surface area contributed by atoms with E-state index in [9.17, 15) is 4.79 Å². The summed E-state index contributed by atoms with van der Waals surface area (Å²) in [4.78, 5) is 10.0. The zero-order chi connectivity index (χ0) is 5.86. The average molecular weight is 116 g/mol. The van der Waals surface area contributed by atoms with E-state index in [4.69, 9.17) is 19.4 Å². The van der Waals surface area contributed by atoms with Gasteiger partial charge in [-0.1, -0.05) is 6.92 Å². The van der Waals surface area contributed by atoms with Crippen molar-refractivity contribution in [2.45, 2.75) is 18.7 Å². The van der Waals surface area contributed by atoms with Crippen molar-refractivity contribution in [3.63, 3.8) is 0 Å². The molecular formula is C4H6BClO. The Bertz CT molecular complexity index is 74.1. The maximum atomic E-state index is 10.0. The van der Waals surface area contributed by atoms with Crippen LogP contribution in [0, 0.1) is 0 Å². The van der Waals surface area contributed by atoms with Crippen LogP contribution in [-0.2, 0) is 4.79 Å². The third-order valence-corrected chi connectivity index (χ3v) is 1.19. The van der Waals surface area contributed by atoms with Crippen molar-refractivity contribution in [3.05, 3.63) is 0 Å². The van der Waals surface area contributed by atoms with Crippen LogP contribution in [-0.4, -0.2) is 18.9 Å². The topological polar surface area (TPSA) is 17.1 Å². The first-order valence-corrected chi connectivity index (χ1v) is 2.55. The highest BCUT2D eigenvalue weighted by atomic mass is 35.5. The molecule has 0 N–H and O–H groups in total. The molecule has 3 heteroatoms. The molecular weight excluding hydrogens is 110 g/mol. The van der Waals surface area contributed by atoms with Crippen molar-refractivity contribution >= 4 is 25.1 Å². The molecule has 1 unspecified atom stereocenters. The highest BCUT2D eigenvalue weighted by molar-refractivity contribution is 6.64. The van der Waals surface area contributed by atoms with E-state index in [0.717, 1.165) is 0 Å². The molecule has 0 aliphatic carbocycles. The summed E-state index contributed by atoms with van der Waals surface area (Å²) in [6.07, 6.45) is 0.608. The summed E-state index contributed by atoms with van der Waals surface area (Å²) in [7, 11) is 4.78. The molecule has 38 valence electrons. The predicted octanol–water partition coefficient (Wildman–Crippen LogP) is 0.699. The van der Waals surface area contributed by atoms with Gasteiger partial charge in [-0.05, 0) is 6.42 Å². The first-order valence-electron chi connectivity index (χ1n) is 2.12. The van der Waals surface area contributed by atoms with Crippen LogP contribution in [0.25, 0.3) is 0 Å². The van der Waals surface area contributed by atoms with Crippen molar-refractivity contribution in [3.8, 4) is 0 Å². The smallest absolute Gasteiger partial charge is 0.170 e. The Balaban J connectivity index is 3.34. The van der Waals surface area contributed by atoms with Crippen LogP contribution >= 0.6 is 11.6 Å². The Morgan fingerprint density at radius 1 is 2.00 bits per heavy atom. The number of alkyl halides is 1. The summed E-state index contributed by atoms with van der Waals surface area (Å²) in [6.45, 7) is 1.81. The largest absolute Gasteiger partial charge is 0.311 e. The van der Waals surface area contributed by atoms with Gasteiger partial charge in [-0.25, -0.2) is 0 Å². The van der Waals surface area contributed by atoms with Gasteiger partial charge in [0.25, 0.3) is 0 Å². The molecule has 0 aliphatic rings. The van der Waals surface area contributed by atoms with Crippen molar-refractivity contribution in [1.82, 2.24) is 0 Å². The van der Waals surface area contributed by atoms with Gasteiger partial charge in [0.05, 0.1) is 11.1 Å². The van der Waals surface area contributed by atoms with E-state index in [1.807, 2.05) is 6.92 Å². The fourth-order valence-corrected chi connectivity index (χ4v) is 0.201. The minimum absolute atomic E-state index is 0.441. The van der Waals surface area contributed by atoms with E-state index < -0.39 is 11.1 Å². The van der Waals surface area contributed by atoms with Gasteiger partial charge in [0.2, 0.25) is 0 Å². The summed E-state index contributed by atoms with van der Waals surface area (Å²) in [5.41, 5.74) is -0.441. The maximum Gasteiger partial charge on any atom is 0.170 e. The molecule has 0 aliphatic heterocycles. The SMILES string of the molecule is [B]C(=O)C(Cl)CC. The average Bonchev–Trinajstić information content (AvgIpc) is 1.65. The molecule has 1 nitrogen and oxygen atoms in total. The van der Waals surface area contributed by atoms with Crippen molar-refractivity contribution in [2.75, 3.05) is 0 Å². The van der Waals surface area contributed by atoms with Gasteiger partial charge in [-0.3, -0.25) is 0 Å². The van der Waals surface area contributed by atoms with E-state index >= 15 is 0 Å². The monoisotopic (exact) mass is 116 g/mol. The first-order chi connectivity index (χ1) is 3.18. The molecule has 1 atom stereocenters. The lowest BCUT2D eigenvalue weighted by atomic mass is 9.98. The third-order valence-electron chi connectivity index (χ3n) is 0.667. The molecule has 0 heterocycles. The van der Waals surface area contributed by atoms with Crippen LogP contribution in [0.4, 0.5) is 0 Å². The Kier molecular flexibility index (Phi) is 3.09. The van der Waals surface area contributed by atoms with Crippen molar-refractivity contribution in [1.29, 1.82) is 0 Å². The highest BCUT2D eigenvalue weighted by Crippen LogP contribution is 1.98. The Hall–Kier alpha value is 0.0249. The lowest BCUT2D eigenvalue weighted by molar-refractivity contribution is -0.111. The van der Waals surface area contributed by atoms with Crippen molar-refractivity contribution in [2.24, 2.45) is 0 Å². The second kappa shape index (κ2) is 3.08. The van der Waals surface area contributed by atoms with Gasteiger partial charge in [0.1, 0.15) is 0 Å². The molecule has 0 aromatic heterocycles. The fraction of sp³-hybridized carbons (Fsp3) is 0.750. The number of halogens is 1. The number of rotatable bonds is 2. The van der Waals surface area contributed by atoms with Crippen molar-refractivity contribution < 1.29 is 4.79 Å². The molecule has 0 saturated heterocycles. The van der Waals surface area contributed by atoms with Crippen LogP contribution in [0.15, 0.2) is 0 Å². The summed E-state index contributed by atoms with van der Waals surface area (Å²) in [5, 5.41) is -0.486. The van der Waals surface area contributed by atoms with E-state index in [1.54, 1.807) is 0 Å². The van der Waals surface area contributed by atoms with E-state index in [-0.39, 0.29) is 0 Å². The summed E-state index contributed by atoms with van der Waals surface area (Å²) >= 11 is 5.33. The summed E-state index contributed by atoms with van der Waals surface area (Å²) in [5.74, 6) is 0. The lowest BCUT2D eigenvalue weighted by Crippen LogP contribution is -2.11. The van der Waals surface area contributed by atoms with Crippen LogP contribution in [0.3, 0.4) is 0 Å². The van der Waals surface area contributed by atoms with Gasteiger partial charge in [-0.2, -0.15) is 0 Å². The molecule has 0 fully saturated rings. The second-order valence-electron chi connectivity index (χ2n) is 1.28. The fourth-order valence-electron chi connectivity index (χ4n) is 0.201. The predicted molar refractivity (Wildman–Crippen MR) is 30.7 cm³/mol. The van der Waals surface area contributed by atoms with Crippen LogP contribution in [0.5, 0.6) is 0 Å². The Morgan fingerprint density at radius 3 is 2.43 bits per heavy atom. The van der Waals surface area contributed by atoms with Gasteiger partial charge in [-0.15, -0.1) is 11.6 Å². The second-order valence-corrected chi connectivity index (χ2v) is 1.80.